The normalized spacial score (nSPS) is 14.3. The molecule has 0 spiro atoms. The molecule has 0 aliphatic rings. The Balaban J connectivity index is 2.39. The average molecular weight is 206 g/mol. The molecule has 1 heteroatoms. The lowest BCUT2D eigenvalue weighted by molar-refractivity contribution is 0.442. The van der Waals surface area contributed by atoms with Gasteiger partial charge in [-0.15, -0.1) is 0 Å². The Morgan fingerprint density at radius 3 is 2.73 bits per heavy atom. The Morgan fingerprint density at radius 1 is 1.47 bits per heavy atom. The maximum absolute atomic E-state index is 5.57. The predicted molar refractivity (Wildman–Crippen MR) is 65.0 cm³/mol. The minimum Gasteiger partial charge on any atom is -0.466 e. The minimum absolute atomic E-state index is 0.664. The minimum atomic E-state index is 0.664. The van der Waals surface area contributed by atoms with Crippen LogP contribution in [-0.4, -0.2) is 0 Å². The Morgan fingerprint density at radius 2 is 2.20 bits per heavy atom. The summed E-state index contributed by atoms with van der Waals surface area (Å²) in [5.74, 6) is 2.79. The third kappa shape index (κ3) is 4.37. The first-order valence-corrected chi connectivity index (χ1v) is 5.82. The van der Waals surface area contributed by atoms with Crippen molar-refractivity contribution in [2.45, 2.75) is 47.0 Å². The molecule has 0 N–H and O–H groups in total. The van der Waals surface area contributed by atoms with Crippen LogP contribution >= 0.6 is 0 Å². The van der Waals surface area contributed by atoms with Crippen LogP contribution in [0, 0.1) is 12.8 Å². The molecule has 0 aliphatic carbocycles. The van der Waals surface area contributed by atoms with E-state index in [4.69, 9.17) is 4.42 Å². The van der Waals surface area contributed by atoms with Crippen molar-refractivity contribution in [1.82, 2.24) is 0 Å². The molecule has 0 bridgehead atoms. The lowest BCUT2D eigenvalue weighted by atomic mass is 10.0. The maximum Gasteiger partial charge on any atom is 0.104 e. The van der Waals surface area contributed by atoms with Gasteiger partial charge in [-0.1, -0.05) is 25.5 Å². The molecule has 0 radical (unpaired) electrons. The first-order valence-electron chi connectivity index (χ1n) is 5.82. The molecular weight excluding hydrogens is 184 g/mol. The highest BCUT2D eigenvalue weighted by atomic mass is 16.3. The first-order chi connectivity index (χ1) is 7.11. The van der Waals surface area contributed by atoms with E-state index in [0.29, 0.717) is 5.92 Å². The Hall–Kier alpha value is -0.980. The smallest absolute Gasteiger partial charge is 0.104 e. The van der Waals surface area contributed by atoms with Gasteiger partial charge in [-0.25, -0.2) is 0 Å². The van der Waals surface area contributed by atoms with Gasteiger partial charge in [0.25, 0.3) is 0 Å². The maximum atomic E-state index is 5.57. The molecule has 0 aliphatic heterocycles. The van der Waals surface area contributed by atoms with E-state index in [1.54, 1.807) is 0 Å². The van der Waals surface area contributed by atoms with Crippen molar-refractivity contribution < 1.29 is 4.42 Å². The van der Waals surface area contributed by atoms with Gasteiger partial charge in [0.2, 0.25) is 0 Å². The van der Waals surface area contributed by atoms with Gasteiger partial charge in [-0.2, -0.15) is 0 Å². The molecule has 0 saturated heterocycles. The third-order valence-electron chi connectivity index (χ3n) is 2.77. The molecule has 1 rings (SSSR count). The van der Waals surface area contributed by atoms with Crippen molar-refractivity contribution in [3.63, 3.8) is 0 Å². The summed E-state index contributed by atoms with van der Waals surface area (Å²) in [4.78, 5) is 0. The quantitative estimate of drug-likeness (QED) is 0.646. The van der Waals surface area contributed by atoms with Gasteiger partial charge in [0.1, 0.15) is 11.5 Å². The Kier molecular flexibility index (Phi) is 4.67. The first kappa shape index (κ1) is 12.1. The van der Waals surface area contributed by atoms with Gasteiger partial charge in [-0.3, -0.25) is 0 Å². The predicted octanol–water partition coefficient (Wildman–Crippen LogP) is 4.51. The zero-order valence-electron chi connectivity index (χ0n) is 10.3. The van der Waals surface area contributed by atoms with Crippen LogP contribution in [0.2, 0.25) is 0 Å². The summed E-state index contributed by atoms with van der Waals surface area (Å²) in [6, 6.07) is 4.12. The second-order valence-electron chi connectivity index (χ2n) is 4.46. The van der Waals surface area contributed by atoms with E-state index < -0.39 is 0 Å². The highest BCUT2D eigenvalue weighted by Crippen LogP contribution is 2.16. The standard InChI is InChI=1S/C14H22O/c1-5-11(2)6-7-12(3)10-14-9-8-13(4)15-14/h6,8-9,12H,5,7,10H2,1-4H3. The Labute approximate surface area is 93.2 Å². The molecule has 0 fully saturated rings. The summed E-state index contributed by atoms with van der Waals surface area (Å²) < 4.78 is 5.57. The molecule has 84 valence electrons. The summed E-state index contributed by atoms with van der Waals surface area (Å²) in [6.45, 7) is 8.67. The second-order valence-corrected chi connectivity index (χ2v) is 4.46. The van der Waals surface area contributed by atoms with Crippen LogP contribution in [0.25, 0.3) is 0 Å². The largest absolute Gasteiger partial charge is 0.466 e. The van der Waals surface area contributed by atoms with Crippen molar-refractivity contribution in [1.29, 1.82) is 0 Å². The number of allylic oxidation sites excluding steroid dienone is 2. The van der Waals surface area contributed by atoms with Crippen LogP contribution in [0.15, 0.2) is 28.2 Å². The van der Waals surface area contributed by atoms with Crippen molar-refractivity contribution >= 4 is 0 Å². The van der Waals surface area contributed by atoms with E-state index >= 15 is 0 Å². The summed E-state index contributed by atoms with van der Waals surface area (Å²) in [7, 11) is 0. The topological polar surface area (TPSA) is 13.1 Å². The highest BCUT2D eigenvalue weighted by Gasteiger charge is 2.05. The number of hydrogen-bond acceptors (Lipinski definition) is 1. The van der Waals surface area contributed by atoms with E-state index in [1.165, 1.54) is 5.57 Å². The highest BCUT2D eigenvalue weighted by molar-refractivity contribution is 5.06. The van der Waals surface area contributed by atoms with Gasteiger partial charge >= 0.3 is 0 Å². The van der Waals surface area contributed by atoms with Crippen molar-refractivity contribution in [2.24, 2.45) is 5.92 Å². The molecule has 1 aromatic rings. The average Bonchev–Trinajstić information content (AvgIpc) is 2.60. The lowest BCUT2D eigenvalue weighted by Gasteiger charge is -2.06. The van der Waals surface area contributed by atoms with Crippen LogP contribution < -0.4 is 0 Å². The van der Waals surface area contributed by atoms with Crippen LogP contribution in [-0.2, 0) is 6.42 Å². The monoisotopic (exact) mass is 206 g/mol. The molecule has 1 nitrogen and oxygen atoms in total. The molecule has 1 unspecified atom stereocenters. The zero-order valence-corrected chi connectivity index (χ0v) is 10.3. The van der Waals surface area contributed by atoms with E-state index in [-0.39, 0.29) is 0 Å². The summed E-state index contributed by atoms with van der Waals surface area (Å²) in [6.07, 6.45) is 5.70. The van der Waals surface area contributed by atoms with Crippen molar-refractivity contribution in [3.8, 4) is 0 Å². The van der Waals surface area contributed by atoms with Gasteiger partial charge in [-0.05, 0) is 44.7 Å². The molecule has 0 saturated carbocycles. The number of aryl methyl sites for hydroxylation is 1. The van der Waals surface area contributed by atoms with E-state index in [0.717, 1.165) is 30.8 Å². The molecular formula is C14H22O. The lowest BCUT2D eigenvalue weighted by Crippen LogP contribution is -1.97. The van der Waals surface area contributed by atoms with Gasteiger partial charge in [0, 0.05) is 6.42 Å². The van der Waals surface area contributed by atoms with Gasteiger partial charge in [0.15, 0.2) is 0 Å². The fraction of sp³-hybridized carbons (Fsp3) is 0.571. The zero-order chi connectivity index (χ0) is 11.3. The van der Waals surface area contributed by atoms with Crippen LogP contribution in [0.5, 0.6) is 0 Å². The Bertz CT molecular complexity index is 320. The molecule has 15 heavy (non-hydrogen) atoms. The van der Waals surface area contributed by atoms with Gasteiger partial charge < -0.3 is 4.42 Å². The third-order valence-corrected chi connectivity index (χ3v) is 2.77. The van der Waals surface area contributed by atoms with Crippen LogP contribution in [0.4, 0.5) is 0 Å². The molecule has 0 amide bonds. The van der Waals surface area contributed by atoms with Gasteiger partial charge in [0.05, 0.1) is 0 Å². The van der Waals surface area contributed by atoms with Crippen molar-refractivity contribution in [2.75, 3.05) is 0 Å². The number of rotatable bonds is 5. The van der Waals surface area contributed by atoms with E-state index in [2.05, 4.69) is 32.9 Å². The van der Waals surface area contributed by atoms with Crippen LogP contribution in [0.3, 0.4) is 0 Å². The van der Waals surface area contributed by atoms with E-state index in [9.17, 15) is 0 Å². The fourth-order valence-corrected chi connectivity index (χ4v) is 1.57. The summed E-state index contributed by atoms with van der Waals surface area (Å²) in [5, 5.41) is 0. The second kappa shape index (κ2) is 5.79. The molecule has 1 aromatic heterocycles. The SMILES string of the molecule is CCC(C)=CCC(C)Cc1ccc(C)o1. The molecule has 1 heterocycles. The molecule has 0 aromatic carbocycles. The van der Waals surface area contributed by atoms with Crippen LogP contribution in [0.1, 0.15) is 45.1 Å². The molecule has 1 atom stereocenters. The van der Waals surface area contributed by atoms with E-state index in [1.807, 2.05) is 13.0 Å². The summed E-state index contributed by atoms with van der Waals surface area (Å²) >= 11 is 0. The number of hydrogen-bond donors (Lipinski definition) is 0. The number of furan rings is 1. The van der Waals surface area contributed by atoms with Crippen molar-refractivity contribution in [3.05, 3.63) is 35.3 Å². The summed E-state index contributed by atoms with van der Waals surface area (Å²) in [5.41, 5.74) is 1.48. The fourth-order valence-electron chi connectivity index (χ4n) is 1.57.